The zero-order valence-electron chi connectivity index (χ0n) is 34.5. The zero-order valence-corrected chi connectivity index (χ0v) is 34.5. The Hall–Kier alpha value is -8.48. The molecule has 6 heteroatoms. The molecule has 5 heterocycles. The van der Waals surface area contributed by atoms with Gasteiger partial charge in [-0.05, 0) is 100 Å². The molecule has 0 saturated heterocycles. The van der Waals surface area contributed by atoms with E-state index in [0.29, 0.717) is 0 Å². The Bertz CT molecular complexity index is 3580. The SMILES string of the molecule is c1ccc(-c2ccc3occc3c2N2c3ccccc3B3c4ccccc4N(c4c(-c5ccccc5)ccc5occc45)c4cc(-n5c6ccccc6c6ccccc65)cc2c43)cc1. The summed E-state index contributed by atoms with van der Waals surface area (Å²) in [7, 11) is 0. The average molecular weight is 818 g/mol. The second-order valence-electron chi connectivity index (χ2n) is 16.8. The lowest BCUT2D eigenvalue weighted by molar-refractivity contribution is 0.615. The summed E-state index contributed by atoms with van der Waals surface area (Å²) >= 11 is 0. The Morgan fingerprint density at radius 3 is 1.30 bits per heavy atom. The fourth-order valence-electron chi connectivity index (χ4n) is 10.9. The van der Waals surface area contributed by atoms with E-state index in [4.69, 9.17) is 8.83 Å². The molecule has 298 valence electrons. The van der Waals surface area contributed by atoms with Crippen molar-refractivity contribution in [2.24, 2.45) is 0 Å². The van der Waals surface area contributed by atoms with E-state index in [1.807, 2.05) is 12.5 Å². The number of para-hydroxylation sites is 4. The van der Waals surface area contributed by atoms with Gasteiger partial charge >= 0.3 is 0 Å². The van der Waals surface area contributed by atoms with Crippen LogP contribution in [0.15, 0.2) is 228 Å². The highest BCUT2D eigenvalue weighted by Crippen LogP contribution is 2.52. The minimum absolute atomic E-state index is 0.0652. The molecule has 14 rings (SSSR count). The van der Waals surface area contributed by atoms with Crippen LogP contribution in [0, 0.1) is 0 Å². The van der Waals surface area contributed by atoms with Crippen LogP contribution in [0.2, 0.25) is 0 Å². The number of rotatable bonds is 5. The molecule has 2 aliphatic rings. The Labute approximate surface area is 369 Å². The van der Waals surface area contributed by atoms with E-state index in [1.165, 1.54) is 27.2 Å². The predicted octanol–water partition coefficient (Wildman–Crippen LogP) is 13.7. The first kappa shape index (κ1) is 35.2. The number of hydrogen-bond acceptors (Lipinski definition) is 4. The Kier molecular flexibility index (Phi) is 7.42. The second kappa shape index (κ2) is 13.5. The first-order valence-electron chi connectivity index (χ1n) is 21.9. The van der Waals surface area contributed by atoms with Crippen LogP contribution in [0.3, 0.4) is 0 Å². The molecule has 0 aliphatic carbocycles. The van der Waals surface area contributed by atoms with Gasteiger partial charge in [0, 0.05) is 55.4 Å². The number of aromatic nitrogens is 1. The first-order valence-corrected chi connectivity index (χ1v) is 21.9. The standard InChI is InChI=1S/C58H36BN3O2/c1-3-15-37(16-4-1)40-27-29-54-44(31-33-63-54)57(40)61-50-25-13-9-21-46(50)59-47-22-10-14-26-51(47)62(58-41(38-17-5-2-6-18-38)28-30-55-45(58)32-34-64-55)53-36-39(35-52(61)56(53)59)60-48-23-11-7-19-42(48)43-20-8-12-24-49(43)60/h1-36H. The number of fused-ring (bicyclic) bond motifs is 9. The lowest BCUT2D eigenvalue weighted by Gasteiger charge is -2.45. The van der Waals surface area contributed by atoms with Gasteiger partial charge < -0.3 is 23.2 Å². The fraction of sp³-hybridized carbons (Fsp3) is 0. The van der Waals surface area contributed by atoms with Crippen molar-refractivity contribution in [2.75, 3.05) is 9.80 Å². The molecular formula is C58H36BN3O2. The molecule has 0 unspecified atom stereocenters. The van der Waals surface area contributed by atoms with Gasteiger partial charge in [0.15, 0.2) is 0 Å². The van der Waals surface area contributed by atoms with E-state index in [0.717, 1.165) is 95.0 Å². The lowest BCUT2D eigenvalue weighted by atomic mass is 9.33. The summed E-state index contributed by atoms with van der Waals surface area (Å²) in [6.07, 6.45) is 3.64. The highest BCUT2D eigenvalue weighted by molar-refractivity contribution is 7.00. The summed E-state index contributed by atoms with van der Waals surface area (Å²) in [5.41, 5.74) is 20.0. The maximum Gasteiger partial charge on any atom is 0.252 e. The van der Waals surface area contributed by atoms with Crippen molar-refractivity contribution in [3.63, 3.8) is 0 Å². The molecule has 0 bridgehead atoms. The summed E-state index contributed by atoms with van der Waals surface area (Å²) < 4.78 is 14.9. The molecule has 3 aromatic heterocycles. The van der Waals surface area contributed by atoms with Crippen molar-refractivity contribution < 1.29 is 8.83 Å². The molecule has 0 saturated carbocycles. The molecule has 2 aliphatic heterocycles. The van der Waals surface area contributed by atoms with Crippen molar-refractivity contribution in [1.82, 2.24) is 4.57 Å². The zero-order chi connectivity index (χ0) is 41.9. The maximum absolute atomic E-state index is 6.23. The predicted molar refractivity (Wildman–Crippen MR) is 265 cm³/mol. The first-order chi connectivity index (χ1) is 31.8. The highest BCUT2D eigenvalue weighted by atomic mass is 16.3. The van der Waals surface area contributed by atoms with Crippen molar-refractivity contribution in [3.05, 3.63) is 219 Å². The van der Waals surface area contributed by atoms with Gasteiger partial charge in [-0.3, -0.25) is 0 Å². The number of nitrogens with zero attached hydrogens (tertiary/aromatic N) is 3. The van der Waals surface area contributed by atoms with Crippen molar-refractivity contribution >= 4 is 101 Å². The third-order valence-corrected chi connectivity index (χ3v) is 13.5. The summed E-state index contributed by atoms with van der Waals surface area (Å²) in [6, 6.07) is 74.9. The summed E-state index contributed by atoms with van der Waals surface area (Å²) in [4.78, 5) is 5.07. The second-order valence-corrected chi connectivity index (χ2v) is 16.8. The van der Waals surface area contributed by atoms with Gasteiger partial charge in [0.1, 0.15) is 11.2 Å². The average Bonchev–Trinajstić information content (AvgIpc) is 4.12. The number of hydrogen-bond donors (Lipinski definition) is 0. The van der Waals surface area contributed by atoms with Crippen LogP contribution >= 0.6 is 0 Å². The number of anilines is 6. The third-order valence-electron chi connectivity index (χ3n) is 13.5. The van der Waals surface area contributed by atoms with Gasteiger partial charge in [-0.2, -0.15) is 0 Å². The lowest BCUT2D eigenvalue weighted by Crippen LogP contribution is -2.61. The van der Waals surface area contributed by atoms with Crippen LogP contribution < -0.4 is 26.2 Å². The minimum Gasteiger partial charge on any atom is -0.464 e. The Balaban J connectivity index is 1.18. The number of furan rings is 2. The fourth-order valence-corrected chi connectivity index (χ4v) is 10.9. The van der Waals surface area contributed by atoms with E-state index in [1.54, 1.807) is 0 Å². The van der Waals surface area contributed by atoms with Crippen LogP contribution in [0.4, 0.5) is 34.1 Å². The molecule has 0 N–H and O–H groups in total. The Morgan fingerprint density at radius 1 is 0.359 bits per heavy atom. The van der Waals surface area contributed by atoms with Gasteiger partial charge in [-0.25, -0.2) is 0 Å². The third kappa shape index (κ3) is 4.90. The van der Waals surface area contributed by atoms with Crippen LogP contribution in [-0.4, -0.2) is 11.3 Å². The van der Waals surface area contributed by atoms with E-state index in [-0.39, 0.29) is 6.71 Å². The van der Waals surface area contributed by atoms with Gasteiger partial charge in [-0.1, -0.05) is 133 Å². The quantitative estimate of drug-likeness (QED) is 0.162. The summed E-state index contributed by atoms with van der Waals surface area (Å²) in [5.74, 6) is 0. The molecule has 5 nitrogen and oxygen atoms in total. The monoisotopic (exact) mass is 817 g/mol. The molecule has 0 atom stereocenters. The van der Waals surface area contributed by atoms with Crippen LogP contribution in [-0.2, 0) is 0 Å². The largest absolute Gasteiger partial charge is 0.464 e. The van der Waals surface area contributed by atoms with Gasteiger partial charge in [-0.15, -0.1) is 0 Å². The highest BCUT2D eigenvalue weighted by Gasteiger charge is 2.45. The molecular weight excluding hydrogens is 781 g/mol. The smallest absolute Gasteiger partial charge is 0.252 e. The topological polar surface area (TPSA) is 37.7 Å². The normalized spacial score (nSPS) is 12.9. The van der Waals surface area contributed by atoms with E-state index in [9.17, 15) is 0 Å². The minimum atomic E-state index is -0.0652. The Morgan fingerprint density at radius 2 is 0.797 bits per heavy atom. The maximum atomic E-state index is 6.23. The van der Waals surface area contributed by atoms with Crippen LogP contribution in [0.5, 0.6) is 0 Å². The van der Waals surface area contributed by atoms with Crippen molar-refractivity contribution in [2.45, 2.75) is 0 Å². The molecule has 0 radical (unpaired) electrons. The van der Waals surface area contributed by atoms with E-state index >= 15 is 0 Å². The van der Waals surface area contributed by atoms with Gasteiger partial charge in [0.25, 0.3) is 6.71 Å². The van der Waals surface area contributed by atoms with Gasteiger partial charge in [0.05, 0.1) is 40.6 Å². The molecule has 0 spiro atoms. The molecule has 0 fully saturated rings. The van der Waals surface area contributed by atoms with E-state index < -0.39 is 0 Å². The van der Waals surface area contributed by atoms with E-state index in [2.05, 4.69) is 221 Å². The number of benzene rings is 9. The van der Waals surface area contributed by atoms with Crippen molar-refractivity contribution in [1.29, 1.82) is 0 Å². The molecule has 9 aromatic carbocycles. The van der Waals surface area contributed by atoms with Crippen LogP contribution in [0.25, 0.3) is 71.7 Å². The van der Waals surface area contributed by atoms with Crippen LogP contribution in [0.1, 0.15) is 0 Å². The van der Waals surface area contributed by atoms with Crippen molar-refractivity contribution in [3.8, 4) is 27.9 Å². The summed E-state index contributed by atoms with van der Waals surface area (Å²) in [6.45, 7) is -0.0652. The molecule has 12 aromatic rings. The molecule has 0 amide bonds. The summed E-state index contributed by atoms with van der Waals surface area (Å²) in [5, 5.41) is 4.54. The van der Waals surface area contributed by atoms with Gasteiger partial charge in [0.2, 0.25) is 0 Å². The molecule has 64 heavy (non-hydrogen) atoms.